The molecule has 0 aromatic heterocycles. The molecule has 80 valence electrons. The summed E-state index contributed by atoms with van der Waals surface area (Å²) in [7, 11) is 0. The number of esters is 1. The first-order valence-corrected chi connectivity index (χ1v) is 5.17. The molecule has 0 aromatic rings. The molecule has 3 heteroatoms. The molecule has 0 aliphatic carbocycles. The second kappa shape index (κ2) is 5.64. The van der Waals surface area contributed by atoms with E-state index in [1.165, 1.54) is 0 Å². The summed E-state index contributed by atoms with van der Waals surface area (Å²) < 4.78 is 4.95. The normalized spacial score (nSPS) is 16.5. The van der Waals surface area contributed by atoms with Crippen LogP contribution in [0.3, 0.4) is 0 Å². The van der Waals surface area contributed by atoms with Crippen LogP contribution in [0.2, 0.25) is 0 Å². The monoisotopic (exact) mass is 197 g/mol. The van der Waals surface area contributed by atoms with Crippen LogP contribution in [0.15, 0.2) is 0 Å². The van der Waals surface area contributed by atoms with Crippen LogP contribution in [0, 0.1) is 22.7 Å². The Morgan fingerprint density at radius 3 is 2.36 bits per heavy atom. The number of hydrogen-bond acceptors (Lipinski definition) is 3. The van der Waals surface area contributed by atoms with Crippen molar-refractivity contribution in [3.63, 3.8) is 0 Å². The zero-order valence-electron chi connectivity index (χ0n) is 9.46. The Morgan fingerprint density at radius 2 is 2.07 bits per heavy atom. The molecule has 0 spiro atoms. The number of hydrogen-bond donors (Lipinski definition) is 0. The predicted octanol–water partition coefficient (Wildman–Crippen LogP) is 2.52. The molecule has 0 fully saturated rings. The summed E-state index contributed by atoms with van der Waals surface area (Å²) in [4.78, 5) is 11.7. The minimum absolute atomic E-state index is 0.0385. The van der Waals surface area contributed by atoms with Gasteiger partial charge in [-0.3, -0.25) is 4.79 Å². The molecule has 14 heavy (non-hydrogen) atoms. The van der Waals surface area contributed by atoms with Gasteiger partial charge < -0.3 is 4.74 Å². The van der Waals surface area contributed by atoms with Crippen LogP contribution < -0.4 is 0 Å². The van der Waals surface area contributed by atoms with Gasteiger partial charge in [0.15, 0.2) is 5.41 Å². The Kier molecular flexibility index (Phi) is 5.22. The Labute approximate surface area is 86.1 Å². The molecule has 2 atom stereocenters. The smallest absolute Gasteiger partial charge is 0.326 e. The van der Waals surface area contributed by atoms with Crippen molar-refractivity contribution < 1.29 is 9.53 Å². The summed E-state index contributed by atoms with van der Waals surface area (Å²) in [5.74, 6) is -0.337. The fraction of sp³-hybridized carbons (Fsp3) is 0.818. The van der Waals surface area contributed by atoms with Crippen molar-refractivity contribution in [2.24, 2.45) is 11.3 Å². The average molecular weight is 197 g/mol. The van der Waals surface area contributed by atoms with Gasteiger partial charge in [-0.05, 0) is 19.3 Å². The largest absolute Gasteiger partial charge is 0.465 e. The van der Waals surface area contributed by atoms with Gasteiger partial charge in [-0.2, -0.15) is 5.26 Å². The van der Waals surface area contributed by atoms with Crippen LogP contribution in [-0.4, -0.2) is 12.6 Å². The van der Waals surface area contributed by atoms with Crippen LogP contribution in [0.25, 0.3) is 0 Å². The quantitative estimate of drug-likeness (QED) is 0.636. The van der Waals surface area contributed by atoms with Crippen molar-refractivity contribution in [3.8, 4) is 6.07 Å². The minimum atomic E-state index is -0.954. The van der Waals surface area contributed by atoms with Crippen molar-refractivity contribution in [1.82, 2.24) is 0 Å². The summed E-state index contributed by atoms with van der Waals surface area (Å²) in [5.41, 5.74) is -0.954. The third kappa shape index (κ3) is 2.25. The maximum absolute atomic E-state index is 11.7. The highest BCUT2D eigenvalue weighted by Gasteiger charge is 2.42. The van der Waals surface area contributed by atoms with Crippen molar-refractivity contribution in [3.05, 3.63) is 0 Å². The first-order chi connectivity index (χ1) is 6.58. The van der Waals surface area contributed by atoms with Gasteiger partial charge >= 0.3 is 5.97 Å². The SMILES string of the molecule is CCOC(=O)[C@@](C#N)(CC)[C@@H](C)CC. The van der Waals surface area contributed by atoms with E-state index in [9.17, 15) is 4.79 Å². The van der Waals surface area contributed by atoms with Gasteiger partial charge in [-0.15, -0.1) is 0 Å². The Morgan fingerprint density at radius 1 is 1.50 bits per heavy atom. The third-order valence-electron chi connectivity index (χ3n) is 2.85. The lowest BCUT2D eigenvalue weighted by atomic mass is 9.74. The molecule has 0 aromatic carbocycles. The Balaban J connectivity index is 4.89. The van der Waals surface area contributed by atoms with Crippen LogP contribution in [0.4, 0.5) is 0 Å². The highest BCUT2D eigenvalue weighted by atomic mass is 16.5. The highest BCUT2D eigenvalue weighted by Crippen LogP contribution is 2.34. The van der Waals surface area contributed by atoms with E-state index < -0.39 is 5.41 Å². The van der Waals surface area contributed by atoms with Crippen molar-refractivity contribution >= 4 is 5.97 Å². The molecule has 3 nitrogen and oxygen atoms in total. The van der Waals surface area contributed by atoms with E-state index in [2.05, 4.69) is 6.07 Å². The average Bonchev–Trinajstić information content (AvgIpc) is 2.20. The molecule has 0 radical (unpaired) electrons. The molecule has 0 heterocycles. The van der Waals surface area contributed by atoms with E-state index in [0.717, 1.165) is 6.42 Å². The van der Waals surface area contributed by atoms with Gasteiger partial charge in [0.2, 0.25) is 0 Å². The first kappa shape index (κ1) is 13.0. The number of carbonyl (C=O) groups excluding carboxylic acids is 1. The number of rotatable bonds is 5. The van der Waals surface area contributed by atoms with Gasteiger partial charge in [-0.1, -0.05) is 27.2 Å². The lowest BCUT2D eigenvalue weighted by Gasteiger charge is -2.28. The number of nitriles is 1. The van der Waals surface area contributed by atoms with E-state index in [1.54, 1.807) is 6.92 Å². The van der Waals surface area contributed by atoms with Crippen LogP contribution in [0.5, 0.6) is 0 Å². The molecule has 0 aliphatic heterocycles. The zero-order chi connectivity index (χ0) is 11.2. The van der Waals surface area contributed by atoms with E-state index >= 15 is 0 Å². The van der Waals surface area contributed by atoms with Crippen LogP contribution >= 0.6 is 0 Å². The number of carbonyl (C=O) groups is 1. The van der Waals surface area contributed by atoms with Gasteiger partial charge in [0, 0.05) is 0 Å². The lowest BCUT2D eigenvalue weighted by Crippen LogP contribution is -2.37. The maximum Gasteiger partial charge on any atom is 0.326 e. The Hall–Kier alpha value is -1.04. The van der Waals surface area contributed by atoms with Gasteiger partial charge in [-0.25, -0.2) is 0 Å². The molecule has 0 saturated carbocycles. The second-order valence-electron chi connectivity index (χ2n) is 3.47. The van der Waals surface area contributed by atoms with Gasteiger partial charge in [0.05, 0.1) is 12.7 Å². The molecular weight excluding hydrogens is 178 g/mol. The number of nitrogens with zero attached hydrogens (tertiary/aromatic N) is 1. The summed E-state index contributed by atoms with van der Waals surface area (Å²) in [6.07, 6.45) is 1.32. The van der Waals surface area contributed by atoms with E-state index in [1.807, 2.05) is 20.8 Å². The first-order valence-electron chi connectivity index (χ1n) is 5.17. The summed E-state index contributed by atoms with van der Waals surface area (Å²) in [5, 5.41) is 9.12. The van der Waals surface area contributed by atoms with E-state index in [-0.39, 0.29) is 11.9 Å². The molecular formula is C11H19NO2. The Bertz CT molecular complexity index is 232. The fourth-order valence-corrected chi connectivity index (χ4v) is 1.54. The fourth-order valence-electron chi connectivity index (χ4n) is 1.54. The zero-order valence-corrected chi connectivity index (χ0v) is 9.46. The molecule has 0 bridgehead atoms. The van der Waals surface area contributed by atoms with Crippen molar-refractivity contribution in [1.29, 1.82) is 5.26 Å². The molecule has 0 amide bonds. The van der Waals surface area contributed by atoms with E-state index in [4.69, 9.17) is 10.00 Å². The molecule has 0 unspecified atom stereocenters. The molecule has 0 saturated heterocycles. The topological polar surface area (TPSA) is 50.1 Å². The van der Waals surface area contributed by atoms with Crippen molar-refractivity contribution in [2.45, 2.75) is 40.5 Å². The second-order valence-corrected chi connectivity index (χ2v) is 3.47. The maximum atomic E-state index is 11.7. The highest BCUT2D eigenvalue weighted by molar-refractivity contribution is 5.80. The third-order valence-corrected chi connectivity index (χ3v) is 2.85. The number of ether oxygens (including phenoxy) is 1. The summed E-state index contributed by atoms with van der Waals surface area (Å²) in [6, 6.07) is 2.13. The lowest BCUT2D eigenvalue weighted by molar-refractivity contribution is -0.154. The molecule has 0 N–H and O–H groups in total. The predicted molar refractivity (Wildman–Crippen MR) is 54.4 cm³/mol. The minimum Gasteiger partial charge on any atom is -0.465 e. The molecule has 0 rings (SSSR count). The van der Waals surface area contributed by atoms with Crippen LogP contribution in [0.1, 0.15) is 40.5 Å². The van der Waals surface area contributed by atoms with Gasteiger partial charge in [0.1, 0.15) is 0 Å². The molecule has 0 aliphatic rings. The van der Waals surface area contributed by atoms with Crippen LogP contribution in [-0.2, 0) is 9.53 Å². The van der Waals surface area contributed by atoms with Gasteiger partial charge in [0.25, 0.3) is 0 Å². The summed E-state index contributed by atoms with van der Waals surface area (Å²) >= 11 is 0. The standard InChI is InChI=1S/C11H19NO2/c1-5-9(4)11(6-2,8-12)10(13)14-7-3/h9H,5-7H2,1-4H3/t9-,11+/m0/s1. The van der Waals surface area contributed by atoms with E-state index in [0.29, 0.717) is 13.0 Å². The van der Waals surface area contributed by atoms with Crippen molar-refractivity contribution in [2.75, 3.05) is 6.61 Å². The summed E-state index contributed by atoms with van der Waals surface area (Å²) in [6.45, 7) is 7.84.